The molecular formula is C102H104Cl9N19O12. The quantitative estimate of drug-likeness (QED) is 0.0211. The molecule has 4 aromatic heterocycles. The number of nitrogens with one attached hydrogen (secondary N) is 8. The summed E-state index contributed by atoms with van der Waals surface area (Å²) in [6.07, 6.45) is 14.6. The predicted octanol–water partition coefficient (Wildman–Crippen LogP) is 18.8. The second-order valence-corrected chi connectivity index (χ2v) is 36.9. The first kappa shape index (κ1) is 107. The summed E-state index contributed by atoms with van der Waals surface area (Å²) in [6, 6.07) is 26.1. The molecule has 8 atom stereocenters. The molecule has 12 aromatic rings. The predicted molar refractivity (Wildman–Crippen MR) is 564 cm³/mol. The van der Waals surface area contributed by atoms with Crippen LogP contribution in [-0.4, -0.2) is 225 Å². The molecule has 8 heterocycles. The van der Waals surface area contributed by atoms with Gasteiger partial charge in [-0.3, -0.25) is 33.6 Å². The fourth-order valence-electron chi connectivity index (χ4n) is 16.9. The van der Waals surface area contributed by atoms with Gasteiger partial charge in [-0.25, -0.2) is 39.9 Å². The summed E-state index contributed by atoms with van der Waals surface area (Å²) in [5.41, 5.74) is 12.4. The average molecular weight is 2110 g/mol. The topological polar surface area (TPSA) is 375 Å². The number of aryl methyl sites for hydroxylation is 4. The minimum absolute atomic E-state index is 0.0646. The summed E-state index contributed by atoms with van der Waals surface area (Å²) in [6.45, 7) is 29.8. The Kier molecular flexibility index (Phi) is 36.0. The third-order valence-corrected chi connectivity index (χ3v) is 28.1. The van der Waals surface area contributed by atoms with E-state index in [2.05, 4.69) is 109 Å². The monoisotopic (exact) mass is 2100 g/mol. The van der Waals surface area contributed by atoms with Gasteiger partial charge in [-0.05, 0) is 162 Å². The van der Waals surface area contributed by atoms with E-state index >= 15 is 0 Å². The maximum Gasteiger partial charge on any atom is 0.243 e. The number of rotatable bonds is 28. The molecule has 742 valence electrons. The molecule has 0 spiro atoms. The van der Waals surface area contributed by atoms with Crippen LogP contribution in [0.2, 0.25) is 45.2 Å². The third-order valence-electron chi connectivity index (χ3n) is 24.6. The number of benzene rings is 8. The summed E-state index contributed by atoms with van der Waals surface area (Å²) in [5, 5.41) is 32.1. The van der Waals surface area contributed by atoms with Gasteiger partial charge in [0, 0.05) is 134 Å². The minimum atomic E-state index is -0.301. The highest BCUT2D eigenvalue weighted by Gasteiger charge is 2.40. The fourth-order valence-corrected chi connectivity index (χ4v) is 20.2. The maximum atomic E-state index is 11.9. The SMILES string of the molecule is C=CC(=O)NC1CN(C(C)=O)CC1Nc1ncc2cc(-c3c(Cl)c(CC)cc(OC)c3Cl)ccc2n1.C=CC(=O)N[C@@H]1CN(C(C)=O)C[C@@H]1Nc1ncc2cc(-c3c(Cl)c(CC)cc(OC)c3Cl)ccc2n1.C=CC(=O)N[C@H]1CN(C(C)=O)C[C@H]1Nc1ncc2cc(-c3c(Cl)c(CC)cc(OC)c3Cl)ccc2n1.C=CC(=O)N[C@H]1COC[C@H]1Nc1ncc2cc(-c3c(Cl)c(CC)cc(OC)c3Cl)c(Cl)cc2n1. The van der Waals surface area contributed by atoms with Gasteiger partial charge in [0.2, 0.25) is 65.1 Å². The Morgan fingerprint density at radius 1 is 0.345 bits per heavy atom. The van der Waals surface area contributed by atoms with Gasteiger partial charge in [-0.1, -0.05) is 177 Å². The zero-order valence-corrected chi connectivity index (χ0v) is 86.2. The van der Waals surface area contributed by atoms with Crippen LogP contribution < -0.4 is 61.5 Å². The van der Waals surface area contributed by atoms with Crippen molar-refractivity contribution >= 4 is 213 Å². The van der Waals surface area contributed by atoms with Gasteiger partial charge in [0.15, 0.2) is 0 Å². The van der Waals surface area contributed by atoms with Crippen molar-refractivity contribution in [1.29, 1.82) is 0 Å². The van der Waals surface area contributed by atoms with E-state index in [-0.39, 0.29) is 89.7 Å². The van der Waals surface area contributed by atoms with Crippen molar-refractivity contribution < 1.29 is 57.2 Å². The second-order valence-electron chi connectivity index (χ2n) is 33.5. The first-order chi connectivity index (χ1) is 68.1. The van der Waals surface area contributed by atoms with Crippen LogP contribution >= 0.6 is 104 Å². The number of anilines is 4. The zero-order valence-electron chi connectivity index (χ0n) is 79.4. The number of amides is 7. The summed E-state index contributed by atoms with van der Waals surface area (Å²) in [4.78, 5) is 124. The zero-order chi connectivity index (χ0) is 102. The molecule has 40 heteroatoms. The number of halogens is 9. The van der Waals surface area contributed by atoms with E-state index in [1.165, 1.54) is 45.1 Å². The van der Waals surface area contributed by atoms with Crippen LogP contribution in [0.3, 0.4) is 0 Å². The molecule has 4 aliphatic heterocycles. The first-order valence-corrected chi connectivity index (χ1v) is 48.6. The highest BCUT2D eigenvalue weighted by Crippen LogP contribution is 2.50. The summed E-state index contributed by atoms with van der Waals surface area (Å²) in [7, 11) is 6.29. The van der Waals surface area contributed by atoms with Gasteiger partial charge in [-0.2, -0.15) is 0 Å². The smallest absolute Gasteiger partial charge is 0.243 e. The lowest BCUT2D eigenvalue weighted by molar-refractivity contribution is -0.128. The molecule has 4 fully saturated rings. The Labute approximate surface area is 865 Å². The summed E-state index contributed by atoms with van der Waals surface area (Å²) >= 11 is 60.0. The molecule has 8 N–H and O–H groups in total. The Morgan fingerprint density at radius 3 is 0.894 bits per heavy atom. The van der Waals surface area contributed by atoms with Crippen LogP contribution in [0.15, 0.2) is 166 Å². The van der Waals surface area contributed by atoms with Gasteiger partial charge >= 0.3 is 0 Å². The van der Waals surface area contributed by atoms with Crippen molar-refractivity contribution in [2.45, 2.75) is 122 Å². The normalized spacial score (nSPS) is 17.3. The van der Waals surface area contributed by atoms with E-state index in [1.807, 2.05) is 113 Å². The molecule has 31 nitrogen and oxygen atoms in total. The number of carbonyl (C=O) groups is 7. The van der Waals surface area contributed by atoms with Gasteiger partial charge in [0.05, 0.1) is 157 Å². The van der Waals surface area contributed by atoms with Crippen LogP contribution in [0.4, 0.5) is 23.8 Å². The summed E-state index contributed by atoms with van der Waals surface area (Å²) < 4.78 is 27.3. The van der Waals surface area contributed by atoms with E-state index in [4.69, 9.17) is 128 Å². The summed E-state index contributed by atoms with van der Waals surface area (Å²) in [5.74, 6) is 2.47. The van der Waals surface area contributed by atoms with Gasteiger partial charge in [0.25, 0.3) is 0 Å². The van der Waals surface area contributed by atoms with E-state index in [0.29, 0.717) is 184 Å². The molecule has 2 unspecified atom stereocenters. The van der Waals surface area contributed by atoms with Crippen molar-refractivity contribution in [3.05, 3.63) is 234 Å². The molecule has 0 bridgehead atoms. The molecule has 4 saturated heterocycles. The van der Waals surface area contributed by atoms with Gasteiger partial charge < -0.3 is 80.9 Å². The number of hydrogen-bond donors (Lipinski definition) is 8. The number of hydrogen-bond acceptors (Lipinski definition) is 24. The highest BCUT2D eigenvalue weighted by atomic mass is 35.5. The molecule has 0 aliphatic carbocycles. The first-order valence-electron chi connectivity index (χ1n) is 45.2. The molecule has 16 rings (SSSR count). The number of fused-ring (bicyclic) bond motifs is 4. The second kappa shape index (κ2) is 47.9. The lowest BCUT2D eigenvalue weighted by atomic mass is 9.99. The van der Waals surface area contributed by atoms with E-state index in [9.17, 15) is 33.6 Å². The number of nitrogens with zero attached hydrogens (tertiary/aromatic N) is 11. The average Bonchev–Trinajstić information content (AvgIpc) is 0.867. The van der Waals surface area contributed by atoms with E-state index in [0.717, 1.165) is 96.3 Å². The Bertz CT molecular complexity index is 6330. The van der Waals surface area contributed by atoms with Crippen LogP contribution in [0, 0.1) is 0 Å². The molecule has 0 radical (unpaired) electrons. The Balaban J connectivity index is 0.000000159. The number of aromatic nitrogens is 8. The molecular weight excluding hydrogens is 2000 g/mol. The number of ether oxygens (including phenoxy) is 5. The molecule has 0 saturated carbocycles. The lowest BCUT2D eigenvalue weighted by Crippen LogP contribution is -2.45. The van der Waals surface area contributed by atoms with Crippen molar-refractivity contribution in [3.63, 3.8) is 0 Å². The van der Waals surface area contributed by atoms with Crippen LogP contribution in [0.1, 0.15) is 70.7 Å². The number of methoxy groups -OCH3 is 4. The minimum Gasteiger partial charge on any atom is -0.495 e. The lowest BCUT2D eigenvalue weighted by Gasteiger charge is -2.20. The van der Waals surface area contributed by atoms with Gasteiger partial charge in [-0.15, -0.1) is 0 Å². The van der Waals surface area contributed by atoms with Crippen LogP contribution in [-0.2, 0) is 64.0 Å². The molecule has 8 aromatic carbocycles. The number of carbonyl (C=O) groups excluding carboxylic acids is 7. The molecule has 4 aliphatic rings. The van der Waals surface area contributed by atoms with E-state index < -0.39 is 0 Å². The standard InChI is InChI=1S/3C26H27Cl2N5O3.C24H23Cl3N4O3/c3*1-5-15-10-21(36-4)25(28)23(24(15)27)16-7-8-18-17(9-16)11-29-26(31-18)32-20-13-33(14(3)34)12-19(20)30-22(35)6-2;1-4-12-7-19(33-3)23(27)21(22(12)26)14-6-13-9-28-24(30-16(13)8-15(14)25)31-18-11-34-10-17(18)29-20(32)5-2/h3*6-11,19-20H,2,5,12-13H2,1,3-4H3,(H,30,35)(H,29,31,32);5-9,17-18H,2,4,10-11H2,1,3H3,(H,29,32)(H,28,30,31)/t2*19-,20+;;17-,18+/m10.0/s1. The van der Waals surface area contributed by atoms with Crippen molar-refractivity contribution in [2.75, 3.05) is 102 Å². The van der Waals surface area contributed by atoms with Gasteiger partial charge in [0.1, 0.15) is 23.0 Å². The van der Waals surface area contributed by atoms with Crippen molar-refractivity contribution in [2.24, 2.45) is 0 Å². The van der Waals surface area contributed by atoms with Crippen molar-refractivity contribution in [3.8, 4) is 67.5 Å². The van der Waals surface area contributed by atoms with Crippen LogP contribution in [0.5, 0.6) is 23.0 Å². The maximum absolute atomic E-state index is 11.9. The Hall–Kier alpha value is -12.7. The van der Waals surface area contributed by atoms with Crippen LogP contribution in [0.25, 0.3) is 88.1 Å². The highest BCUT2D eigenvalue weighted by molar-refractivity contribution is 6.44. The van der Waals surface area contributed by atoms with Crippen molar-refractivity contribution in [1.82, 2.24) is 75.8 Å². The molecule has 142 heavy (non-hydrogen) atoms. The number of likely N-dealkylation sites (tertiary alicyclic amines) is 3. The Morgan fingerprint density at radius 2 is 0.606 bits per heavy atom. The largest absolute Gasteiger partial charge is 0.495 e. The third kappa shape index (κ3) is 24.4. The molecule has 7 amide bonds. The fraction of sp³-hybridized carbons (Fsp3) is 0.304. The van der Waals surface area contributed by atoms with E-state index in [1.54, 1.807) is 74.0 Å².